The maximum atomic E-state index is 5.02. The molecule has 1 aliphatic heterocycles. The summed E-state index contributed by atoms with van der Waals surface area (Å²) in [5.74, 6) is 0.737. The third-order valence-electron chi connectivity index (χ3n) is 2.97. The fraction of sp³-hybridized carbons (Fsp3) is 1.00. The molecule has 16 heavy (non-hydrogen) atoms. The molecule has 4 heteroatoms. The highest BCUT2D eigenvalue weighted by molar-refractivity contribution is 4.70. The van der Waals surface area contributed by atoms with E-state index in [-0.39, 0.29) is 0 Å². The minimum atomic E-state index is 0.737. The molecule has 0 bridgehead atoms. The summed E-state index contributed by atoms with van der Waals surface area (Å²) in [5, 5.41) is 6.87. The molecule has 1 saturated heterocycles. The van der Waals surface area contributed by atoms with Crippen LogP contribution in [0.15, 0.2) is 0 Å². The lowest BCUT2D eigenvalue weighted by atomic mass is 10.1. The van der Waals surface area contributed by atoms with Crippen molar-refractivity contribution in [1.82, 2.24) is 15.5 Å². The minimum Gasteiger partial charge on any atom is -0.385 e. The van der Waals surface area contributed by atoms with E-state index in [0.717, 1.165) is 45.1 Å². The van der Waals surface area contributed by atoms with Gasteiger partial charge >= 0.3 is 0 Å². The monoisotopic (exact) mass is 229 g/mol. The summed E-state index contributed by atoms with van der Waals surface area (Å²) in [7, 11) is 1.76. The van der Waals surface area contributed by atoms with Gasteiger partial charge in [-0.05, 0) is 25.4 Å². The van der Waals surface area contributed by atoms with Gasteiger partial charge in [-0.1, -0.05) is 6.92 Å². The van der Waals surface area contributed by atoms with Gasteiger partial charge in [-0.25, -0.2) is 0 Å². The van der Waals surface area contributed by atoms with Crippen LogP contribution >= 0.6 is 0 Å². The fourth-order valence-electron chi connectivity index (χ4n) is 2.09. The normalized spacial score (nSPS) is 19.9. The van der Waals surface area contributed by atoms with E-state index in [1.54, 1.807) is 7.11 Å². The molecule has 0 saturated carbocycles. The topological polar surface area (TPSA) is 36.5 Å². The molecular weight excluding hydrogens is 202 g/mol. The minimum absolute atomic E-state index is 0.737. The molecule has 1 rings (SSSR count). The molecule has 2 N–H and O–H groups in total. The fourth-order valence-corrected chi connectivity index (χ4v) is 2.09. The second-order valence-electron chi connectivity index (χ2n) is 4.71. The van der Waals surface area contributed by atoms with E-state index in [4.69, 9.17) is 4.74 Å². The molecule has 0 amide bonds. The third-order valence-corrected chi connectivity index (χ3v) is 2.97. The average Bonchev–Trinajstić information content (AvgIpc) is 2.30. The first kappa shape index (κ1) is 13.9. The second kappa shape index (κ2) is 8.93. The first-order chi connectivity index (χ1) is 7.83. The third kappa shape index (κ3) is 6.43. The quantitative estimate of drug-likeness (QED) is 0.581. The number of hydrogen-bond donors (Lipinski definition) is 2. The summed E-state index contributed by atoms with van der Waals surface area (Å²) in [6, 6.07) is 0. The van der Waals surface area contributed by atoms with Crippen LogP contribution in [-0.4, -0.2) is 64.4 Å². The van der Waals surface area contributed by atoms with Crippen molar-refractivity contribution in [2.45, 2.75) is 13.3 Å². The van der Waals surface area contributed by atoms with E-state index >= 15 is 0 Å². The van der Waals surface area contributed by atoms with E-state index in [2.05, 4.69) is 22.5 Å². The van der Waals surface area contributed by atoms with Crippen LogP contribution in [0.2, 0.25) is 0 Å². The number of nitrogens with one attached hydrogen (secondary N) is 2. The molecule has 0 aromatic carbocycles. The summed E-state index contributed by atoms with van der Waals surface area (Å²) >= 11 is 0. The molecule has 0 spiro atoms. The Morgan fingerprint density at radius 1 is 1.38 bits per heavy atom. The number of ether oxygens (including phenoxy) is 1. The van der Waals surface area contributed by atoms with Gasteiger partial charge in [-0.15, -0.1) is 0 Å². The molecule has 96 valence electrons. The molecule has 1 aliphatic rings. The van der Waals surface area contributed by atoms with Gasteiger partial charge < -0.3 is 20.3 Å². The van der Waals surface area contributed by atoms with Gasteiger partial charge in [0.05, 0.1) is 0 Å². The first-order valence-corrected chi connectivity index (χ1v) is 6.45. The van der Waals surface area contributed by atoms with Gasteiger partial charge in [0, 0.05) is 46.4 Å². The van der Waals surface area contributed by atoms with E-state index in [0.29, 0.717) is 0 Å². The largest absolute Gasteiger partial charge is 0.385 e. The second-order valence-corrected chi connectivity index (χ2v) is 4.71. The highest BCUT2D eigenvalue weighted by Gasteiger charge is 2.12. The molecule has 0 aliphatic carbocycles. The molecule has 4 nitrogen and oxygen atoms in total. The summed E-state index contributed by atoms with van der Waals surface area (Å²) in [6.07, 6.45) is 1.11. The van der Waals surface area contributed by atoms with Crippen molar-refractivity contribution in [1.29, 1.82) is 0 Å². The number of nitrogens with zero attached hydrogens (tertiary/aromatic N) is 1. The Labute approximate surface area is 99.7 Å². The Kier molecular flexibility index (Phi) is 7.76. The van der Waals surface area contributed by atoms with Gasteiger partial charge in [-0.3, -0.25) is 0 Å². The van der Waals surface area contributed by atoms with Gasteiger partial charge in [0.1, 0.15) is 0 Å². The zero-order chi connectivity index (χ0) is 11.6. The number of rotatable bonds is 8. The standard InChI is InChI=1S/C12H27N3O/c1-12(10-14-4-3-9-16-2)11-15-7-5-13-6-8-15/h12-14H,3-11H2,1-2H3. The van der Waals surface area contributed by atoms with Crippen molar-refractivity contribution in [3.8, 4) is 0 Å². The summed E-state index contributed by atoms with van der Waals surface area (Å²) in [6.45, 7) is 11.3. The lowest BCUT2D eigenvalue weighted by Crippen LogP contribution is -2.46. The van der Waals surface area contributed by atoms with E-state index in [9.17, 15) is 0 Å². The summed E-state index contributed by atoms with van der Waals surface area (Å²) in [4.78, 5) is 2.55. The van der Waals surface area contributed by atoms with Crippen molar-refractivity contribution < 1.29 is 4.74 Å². The zero-order valence-electron chi connectivity index (χ0n) is 10.8. The lowest BCUT2D eigenvalue weighted by molar-refractivity contribution is 0.191. The number of hydrogen-bond acceptors (Lipinski definition) is 4. The molecule has 1 unspecified atom stereocenters. The Hall–Kier alpha value is -0.160. The Morgan fingerprint density at radius 3 is 2.81 bits per heavy atom. The van der Waals surface area contributed by atoms with Crippen LogP contribution in [0.25, 0.3) is 0 Å². The first-order valence-electron chi connectivity index (χ1n) is 6.45. The molecule has 0 radical (unpaired) electrons. The molecule has 0 aromatic rings. The maximum absolute atomic E-state index is 5.02. The van der Waals surface area contributed by atoms with Crippen LogP contribution < -0.4 is 10.6 Å². The van der Waals surface area contributed by atoms with Crippen LogP contribution in [-0.2, 0) is 4.74 Å². The summed E-state index contributed by atoms with van der Waals surface area (Å²) < 4.78 is 5.02. The summed E-state index contributed by atoms with van der Waals surface area (Å²) in [5.41, 5.74) is 0. The SMILES string of the molecule is COCCCNCC(C)CN1CCNCC1. The van der Waals surface area contributed by atoms with Crippen LogP contribution in [0.3, 0.4) is 0 Å². The van der Waals surface area contributed by atoms with Crippen LogP contribution in [0.1, 0.15) is 13.3 Å². The highest BCUT2D eigenvalue weighted by atomic mass is 16.5. The van der Waals surface area contributed by atoms with Crippen molar-refractivity contribution in [2.75, 3.05) is 59.5 Å². The predicted octanol–water partition coefficient (Wildman–Crippen LogP) is 0.154. The van der Waals surface area contributed by atoms with Crippen molar-refractivity contribution in [3.63, 3.8) is 0 Å². The van der Waals surface area contributed by atoms with E-state index in [1.807, 2.05) is 0 Å². The van der Waals surface area contributed by atoms with Crippen LogP contribution in [0.5, 0.6) is 0 Å². The molecule has 1 atom stereocenters. The van der Waals surface area contributed by atoms with Gasteiger partial charge in [-0.2, -0.15) is 0 Å². The zero-order valence-corrected chi connectivity index (χ0v) is 10.8. The van der Waals surface area contributed by atoms with E-state index < -0.39 is 0 Å². The van der Waals surface area contributed by atoms with Gasteiger partial charge in [0.15, 0.2) is 0 Å². The van der Waals surface area contributed by atoms with Crippen molar-refractivity contribution >= 4 is 0 Å². The molecular formula is C12H27N3O. The van der Waals surface area contributed by atoms with Gasteiger partial charge in [0.25, 0.3) is 0 Å². The highest BCUT2D eigenvalue weighted by Crippen LogP contribution is 2.00. The Balaban J connectivity index is 1.95. The molecule has 0 aromatic heterocycles. The van der Waals surface area contributed by atoms with Crippen LogP contribution in [0, 0.1) is 5.92 Å². The molecule has 1 heterocycles. The predicted molar refractivity (Wildman–Crippen MR) is 67.8 cm³/mol. The Bertz CT molecular complexity index is 160. The maximum Gasteiger partial charge on any atom is 0.0474 e. The number of piperazine rings is 1. The Morgan fingerprint density at radius 2 is 2.12 bits per heavy atom. The van der Waals surface area contributed by atoms with Crippen LogP contribution in [0.4, 0.5) is 0 Å². The van der Waals surface area contributed by atoms with E-state index in [1.165, 1.54) is 19.6 Å². The smallest absolute Gasteiger partial charge is 0.0474 e. The van der Waals surface area contributed by atoms with Gasteiger partial charge in [0.2, 0.25) is 0 Å². The number of methoxy groups -OCH3 is 1. The average molecular weight is 229 g/mol. The lowest BCUT2D eigenvalue weighted by Gasteiger charge is -2.29. The van der Waals surface area contributed by atoms with Crippen molar-refractivity contribution in [2.24, 2.45) is 5.92 Å². The van der Waals surface area contributed by atoms with Crippen molar-refractivity contribution in [3.05, 3.63) is 0 Å². The molecule has 1 fully saturated rings.